The monoisotopic (exact) mass is 432 g/mol. The minimum atomic E-state index is -3.65. The lowest BCUT2D eigenvalue weighted by Gasteiger charge is -2.31. The lowest BCUT2D eigenvalue weighted by atomic mass is 9.99. The Labute approximate surface area is 178 Å². The SMILES string of the molecule is COc1ccc(S(=O)(=O)N2CCCC(C(=O)NCCOc3cccc(C)c3)C2)cc1. The zero-order valence-electron chi connectivity index (χ0n) is 17.3. The highest BCUT2D eigenvalue weighted by atomic mass is 32.2. The highest BCUT2D eigenvalue weighted by Crippen LogP contribution is 2.25. The molecule has 0 radical (unpaired) electrons. The van der Waals surface area contributed by atoms with Crippen LogP contribution in [0.2, 0.25) is 0 Å². The van der Waals surface area contributed by atoms with Crippen molar-refractivity contribution in [2.75, 3.05) is 33.4 Å². The van der Waals surface area contributed by atoms with Crippen LogP contribution in [0.15, 0.2) is 53.4 Å². The summed E-state index contributed by atoms with van der Waals surface area (Å²) in [5, 5.41) is 2.86. The third kappa shape index (κ3) is 5.52. The van der Waals surface area contributed by atoms with E-state index in [-0.39, 0.29) is 23.3 Å². The Bertz CT molecular complexity index is 960. The van der Waals surface area contributed by atoms with Crippen LogP contribution in [0.1, 0.15) is 18.4 Å². The Morgan fingerprint density at radius 3 is 2.63 bits per heavy atom. The van der Waals surface area contributed by atoms with E-state index in [0.717, 1.165) is 11.3 Å². The number of ether oxygens (including phenoxy) is 2. The van der Waals surface area contributed by atoms with E-state index < -0.39 is 10.0 Å². The Morgan fingerprint density at radius 2 is 1.93 bits per heavy atom. The Hall–Kier alpha value is -2.58. The van der Waals surface area contributed by atoms with Gasteiger partial charge < -0.3 is 14.8 Å². The molecule has 1 aliphatic rings. The van der Waals surface area contributed by atoms with Crippen LogP contribution in [0.25, 0.3) is 0 Å². The molecule has 0 aliphatic carbocycles. The Kier molecular flexibility index (Phi) is 7.33. The van der Waals surface area contributed by atoms with Gasteiger partial charge in [0.15, 0.2) is 0 Å². The van der Waals surface area contributed by atoms with E-state index in [9.17, 15) is 13.2 Å². The summed E-state index contributed by atoms with van der Waals surface area (Å²) >= 11 is 0. The maximum Gasteiger partial charge on any atom is 0.243 e. The first-order valence-corrected chi connectivity index (χ1v) is 11.5. The number of hydrogen-bond donors (Lipinski definition) is 1. The van der Waals surface area contributed by atoms with Gasteiger partial charge in [-0.05, 0) is 61.7 Å². The van der Waals surface area contributed by atoms with E-state index >= 15 is 0 Å². The average molecular weight is 433 g/mol. The maximum absolute atomic E-state index is 12.9. The quantitative estimate of drug-likeness (QED) is 0.648. The number of rotatable bonds is 8. The molecule has 0 saturated carbocycles. The van der Waals surface area contributed by atoms with Gasteiger partial charge in [0.25, 0.3) is 0 Å². The predicted octanol–water partition coefficient (Wildman–Crippen LogP) is 2.60. The molecule has 1 saturated heterocycles. The van der Waals surface area contributed by atoms with Gasteiger partial charge in [0.1, 0.15) is 18.1 Å². The lowest BCUT2D eigenvalue weighted by Crippen LogP contribution is -2.45. The first-order valence-electron chi connectivity index (χ1n) is 10.0. The number of hydrogen-bond acceptors (Lipinski definition) is 5. The van der Waals surface area contributed by atoms with Crippen LogP contribution >= 0.6 is 0 Å². The van der Waals surface area contributed by atoms with Crippen molar-refractivity contribution in [3.05, 3.63) is 54.1 Å². The summed E-state index contributed by atoms with van der Waals surface area (Å²) in [6, 6.07) is 14.0. The van der Waals surface area contributed by atoms with Crippen molar-refractivity contribution in [3.63, 3.8) is 0 Å². The Balaban J connectivity index is 1.52. The fourth-order valence-electron chi connectivity index (χ4n) is 3.46. The smallest absolute Gasteiger partial charge is 0.243 e. The molecule has 2 aromatic rings. The number of piperidine rings is 1. The Morgan fingerprint density at radius 1 is 1.17 bits per heavy atom. The summed E-state index contributed by atoms with van der Waals surface area (Å²) in [5.74, 6) is 0.847. The summed E-state index contributed by atoms with van der Waals surface area (Å²) in [4.78, 5) is 12.8. The van der Waals surface area contributed by atoms with Gasteiger partial charge in [-0.25, -0.2) is 8.42 Å². The fraction of sp³-hybridized carbons (Fsp3) is 0.409. The molecule has 1 aliphatic heterocycles. The number of carbonyl (C=O) groups is 1. The van der Waals surface area contributed by atoms with Crippen molar-refractivity contribution in [2.24, 2.45) is 5.92 Å². The number of benzene rings is 2. The third-order valence-electron chi connectivity index (χ3n) is 5.11. The van der Waals surface area contributed by atoms with Crippen LogP contribution in [-0.2, 0) is 14.8 Å². The molecular formula is C22H28N2O5S. The predicted molar refractivity (Wildman–Crippen MR) is 114 cm³/mol. The molecule has 1 fully saturated rings. The normalized spacial score (nSPS) is 17.3. The third-order valence-corrected chi connectivity index (χ3v) is 6.99. The summed E-state index contributed by atoms with van der Waals surface area (Å²) in [5.41, 5.74) is 1.11. The van der Waals surface area contributed by atoms with Crippen LogP contribution in [-0.4, -0.2) is 52.0 Å². The second kappa shape index (κ2) is 9.95. The van der Waals surface area contributed by atoms with Gasteiger partial charge in [0.2, 0.25) is 15.9 Å². The number of sulfonamides is 1. The molecule has 0 bridgehead atoms. The zero-order chi connectivity index (χ0) is 21.6. The molecule has 2 aromatic carbocycles. The summed E-state index contributed by atoms with van der Waals surface area (Å²) in [6.07, 6.45) is 1.31. The van der Waals surface area contributed by atoms with Crippen molar-refractivity contribution in [3.8, 4) is 11.5 Å². The van der Waals surface area contributed by atoms with Crippen molar-refractivity contribution < 1.29 is 22.7 Å². The van der Waals surface area contributed by atoms with Gasteiger partial charge in [0, 0.05) is 13.1 Å². The molecule has 162 valence electrons. The standard InChI is InChI=1S/C22H28N2O5S/c1-17-5-3-7-20(15-17)29-14-12-23-22(25)18-6-4-13-24(16-18)30(26,27)21-10-8-19(28-2)9-11-21/h3,5,7-11,15,18H,4,6,12-14,16H2,1-2H3,(H,23,25). The number of nitrogens with one attached hydrogen (secondary N) is 1. The van der Waals surface area contributed by atoms with Crippen LogP contribution in [0.5, 0.6) is 11.5 Å². The van der Waals surface area contributed by atoms with Gasteiger partial charge in [-0.2, -0.15) is 4.31 Å². The summed E-state index contributed by atoms with van der Waals surface area (Å²) in [7, 11) is -2.11. The molecule has 1 unspecified atom stereocenters. The van der Waals surface area contributed by atoms with E-state index in [0.29, 0.717) is 38.3 Å². The van der Waals surface area contributed by atoms with Crippen molar-refractivity contribution >= 4 is 15.9 Å². The van der Waals surface area contributed by atoms with Crippen LogP contribution in [0.3, 0.4) is 0 Å². The second-order valence-electron chi connectivity index (χ2n) is 7.33. The molecule has 1 N–H and O–H groups in total. The maximum atomic E-state index is 12.9. The number of carbonyl (C=O) groups excluding carboxylic acids is 1. The number of amides is 1. The molecule has 0 aromatic heterocycles. The average Bonchev–Trinajstić information content (AvgIpc) is 2.77. The number of aryl methyl sites for hydroxylation is 1. The highest BCUT2D eigenvalue weighted by molar-refractivity contribution is 7.89. The van der Waals surface area contributed by atoms with E-state index in [2.05, 4.69) is 5.32 Å². The molecule has 3 rings (SSSR count). The molecule has 8 heteroatoms. The van der Waals surface area contributed by atoms with Gasteiger partial charge in [-0.15, -0.1) is 0 Å². The van der Waals surface area contributed by atoms with Gasteiger partial charge in [-0.1, -0.05) is 12.1 Å². The summed E-state index contributed by atoms with van der Waals surface area (Å²) in [6.45, 7) is 3.31. The number of methoxy groups -OCH3 is 1. The van der Waals surface area contributed by atoms with E-state index in [1.807, 2.05) is 31.2 Å². The van der Waals surface area contributed by atoms with Crippen molar-refractivity contribution in [2.45, 2.75) is 24.7 Å². The molecule has 0 spiro atoms. The summed E-state index contributed by atoms with van der Waals surface area (Å²) < 4.78 is 38.0. The van der Waals surface area contributed by atoms with Gasteiger partial charge in [0.05, 0.1) is 24.5 Å². The molecule has 1 heterocycles. The molecule has 30 heavy (non-hydrogen) atoms. The fourth-order valence-corrected chi connectivity index (χ4v) is 4.99. The van der Waals surface area contributed by atoms with Crippen LogP contribution in [0.4, 0.5) is 0 Å². The highest BCUT2D eigenvalue weighted by Gasteiger charge is 2.33. The molecule has 1 atom stereocenters. The molecular weight excluding hydrogens is 404 g/mol. The minimum Gasteiger partial charge on any atom is -0.497 e. The van der Waals surface area contributed by atoms with Gasteiger partial charge >= 0.3 is 0 Å². The lowest BCUT2D eigenvalue weighted by molar-refractivity contribution is -0.126. The number of nitrogens with zero attached hydrogens (tertiary/aromatic N) is 1. The minimum absolute atomic E-state index is 0.141. The first-order chi connectivity index (χ1) is 14.4. The van der Waals surface area contributed by atoms with Crippen molar-refractivity contribution in [1.82, 2.24) is 9.62 Å². The van der Waals surface area contributed by atoms with Gasteiger partial charge in [-0.3, -0.25) is 4.79 Å². The zero-order valence-corrected chi connectivity index (χ0v) is 18.2. The second-order valence-corrected chi connectivity index (χ2v) is 9.27. The topological polar surface area (TPSA) is 84.9 Å². The molecule has 7 nitrogen and oxygen atoms in total. The van der Waals surface area contributed by atoms with E-state index in [4.69, 9.17) is 9.47 Å². The first kappa shape index (κ1) is 22.1. The van der Waals surface area contributed by atoms with Crippen LogP contribution in [0, 0.1) is 12.8 Å². The molecule has 1 amide bonds. The van der Waals surface area contributed by atoms with E-state index in [1.165, 1.54) is 23.5 Å². The largest absolute Gasteiger partial charge is 0.497 e. The van der Waals surface area contributed by atoms with E-state index in [1.54, 1.807) is 12.1 Å². The van der Waals surface area contributed by atoms with Crippen molar-refractivity contribution in [1.29, 1.82) is 0 Å². The van der Waals surface area contributed by atoms with Crippen LogP contribution < -0.4 is 14.8 Å².